The number of likely N-dealkylation sites (N-methyl/N-ethyl adjacent to an activating group) is 1. The molecule has 0 aliphatic carbocycles. The molecule has 26 heavy (non-hydrogen) atoms. The maximum atomic E-state index is 12.6. The van der Waals surface area contributed by atoms with E-state index in [1.807, 2.05) is 49.4 Å². The highest BCUT2D eigenvalue weighted by Gasteiger charge is 2.30. The van der Waals surface area contributed by atoms with E-state index in [1.165, 1.54) is 17.3 Å². The van der Waals surface area contributed by atoms with Gasteiger partial charge in [-0.3, -0.25) is 9.69 Å². The molecule has 0 spiro atoms. The van der Waals surface area contributed by atoms with E-state index in [4.69, 9.17) is 9.73 Å². The van der Waals surface area contributed by atoms with E-state index in [1.54, 1.807) is 19.1 Å². The number of aliphatic imine (C=N–C) groups is 1. The summed E-state index contributed by atoms with van der Waals surface area (Å²) in [5.41, 5.74) is 4.08. The number of methoxy groups -OCH3 is 1. The topological polar surface area (TPSA) is 41.9 Å². The Morgan fingerprint density at radius 3 is 2.73 bits per heavy atom. The van der Waals surface area contributed by atoms with E-state index in [0.29, 0.717) is 10.1 Å². The predicted octanol–water partition coefficient (Wildman–Crippen LogP) is 4.80. The minimum absolute atomic E-state index is 0.0396. The number of hydrogen-bond donors (Lipinski definition) is 0. The molecule has 0 unspecified atom stereocenters. The number of benzene rings is 2. The van der Waals surface area contributed by atoms with Crippen LogP contribution in [-0.2, 0) is 11.2 Å². The lowest BCUT2D eigenvalue weighted by molar-refractivity contribution is -0.121. The fourth-order valence-corrected chi connectivity index (χ4v) is 3.73. The van der Waals surface area contributed by atoms with Crippen LogP contribution >= 0.6 is 11.8 Å². The van der Waals surface area contributed by atoms with Crippen LogP contribution in [0.25, 0.3) is 6.08 Å². The number of rotatable bonds is 4. The zero-order valence-electron chi connectivity index (χ0n) is 15.4. The number of ether oxygens (including phenoxy) is 1. The average Bonchev–Trinajstić information content (AvgIpc) is 2.91. The van der Waals surface area contributed by atoms with Crippen LogP contribution in [-0.4, -0.2) is 30.1 Å². The molecule has 1 aliphatic rings. The number of amidine groups is 1. The molecule has 5 heteroatoms. The van der Waals surface area contributed by atoms with Crippen molar-refractivity contribution in [2.45, 2.75) is 20.3 Å². The van der Waals surface area contributed by atoms with Gasteiger partial charge in [-0.05, 0) is 60.0 Å². The summed E-state index contributed by atoms with van der Waals surface area (Å²) >= 11 is 1.40. The second-order valence-electron chi connectivity index (χ2n) is 6.08. The van der Waals surface area contributed by atoms with Gasteiger partial charge < -0.3 is 4.74 Å². The number of carbonyl (C=O) groups excluding carboxylic acids is 1. The second-order valence-corrected chi connectivity index (χ2v) is 7.09. The van der Waals surface area contributed by atoms with Gasteiger partial charge in [-0.15, -0.1) is 0 Å². The summed E-state index contributed by atoms with van der Waals surface area (Å²) in [6.45, 7) is 4.10. The molecular formula is C21H22N2O2S. The maximum absolute atomic E-state index is 12.6. The first-order valence-electron chi connectivity index (χ1n) is 8.52. The van der Waals surface area contributed by atoms with Crippen LogP contribution in [0.1, 0.15) is 23.6 Å². The van der Waals surface area contributed by atoms with E-state index < -0.39 is 0 Å². The van der Waals surface area contributed by atoms with Crippen LogP contribution in [0.3, 0.4) is 0 Å². The van der Waals surface area contributed by atoms with Crippen LogP contribution in [0, 0.1) is 6.92 Å². The van der Waals surface area contributed by atoms with Crippen LogP contribution in [0.2, 0.25) is 0 Å². The van der Waals surface area contributed by atoms with Gasteiger partial charge in [0, 0.05) is 7.05 Å². The number of hydrogen-bond acceptors (Lipinski definition) is 4. The Morgan fingerprint density at radius 2 is 2.00 bits per heavy atom. The maximum Gasteiger partial charge on any atom is 0.266 e. The van der Waals surface area contributed by atoms with Gasteiger partial charge in [-0.25, -0.2) is 4.99 Å². The third-order valence-electron chi connectivity index (χ3n) is 4.32. The smallest absolute Gasteiger partial charge is 0.266 e. The molecule has 1 fully saturated rings. The normalized spacial score (nSPS) is 17.4. The largest absolute Gasteiger partial charge is 0.496 e. The Balaban J connectivity index is 1.92. The van der Waals surface area contributed by atoms with Crippen molar-refractivity contribution in [1.29, 1.82) is 0 Å². The fraction of sp³-hybridized carbons (Fsp3) is 0.238. The monoisotopic (exact) mass is 366 g/mol. The first kappa shape index (κ1) is 18.3. The van der Waals surface area contributed by atoms with Crippen molar-refractivity contribution in [2.24, 2.45) is 4.99 Å². The van der Waals surface area contributed by atoms with Gasteiger partial charge in [0.2, 0.25) is 0 Å². The molecule has 0 bridgehead atoms. The number of amides is 1. The zero-order chi connectivity index (χ0) is 18.7. The zero-order valence-corrected chi connectivity index (χ0v) is 16.3. The minimum Gasteiger partial charge on any atom is -0.496 e. The molecular weight excluding hydrogens is 344 g/mol. The molecule has 1 amide bonds. The molecule has 1 saturated heterocycles. The first-order chi connectivity index (χ1) is 12.5. The molecule has 2 aromatic rings. The minimum atomic E-state index is -0.0396. The third kappa shape index (κ3) is 3.68. The second kappa shape index (κ2) is 7.79. The predicted molar refractivity (Wildman–Crippen MR) is 109 cm³/mol. The molecule has 1 heterocycles. The Hall–Kier alpha value is -2.53. The Morgan fingerprint density at radius 1 is 1.23 bits per heavy atom. The van der Waals surface area contributed by atoms with Crippen molar-refractivity contribution in [1.82, 2.24) is 4.90 Å². The lowest BCUT2D eigenvalue weighted by Gasteiger charge is -2.08. The van der Waals surface area contributed by atoms with Gasteiger partial charge in [0.05, 0.1) is 17.7 Å². The van der Waals surface area contributed by atoms with E-state index in [2.05, 4.69) is 13.0 Å². The van der Waals surface area contributed by atoms with E-state index in [0.717, 1.165) is 29.0 Å². The Kier molecular flexibility index (Phi) is 5.47. The van der Waals surface area contributed by atoms with Crippen molar-refractivity contribution in [3.63, 3.8) is 0 Å². The molecule has 2 aromatic carbocycles. The van der Waals surface area contributed by atoms with Crippen LogP contribution in [0.5, 0.6) is 5.75 Å². The molecule has 4 nitrogen and oxygen atoms in total. The number of nitrogens with zero attached hydrogens (tertiary/aromatic N) is 2. The van der Waals surface area contributed by atoms with E-state index in [-0.39, 0.29) is 5.91 Å². The van der Waals surface area contributed by atoms with Crippen LogP contribution < -0.4 is 4.74 Å². The Labute approximate surface area is 158 Å². The van der Waals surface area contributed by atoms with Gasteiger partial charge >= 0.3 is 0 Å². The van der Waals surface area contributed by atoms with Crippen molar-refractivity contribution in [2.75, 3.05) is 14.2 Å². The molecule has 3 rings (SSSR count). The van der Waals surface area contributed by atoms with Crippen molar-refractivity contribution < 1.29 is 9.53 Å². The van der Waals surface area contributed by atoms with Gasteiger partial charge in [-0.1, -0.05) is 37.3 Å². The number of para-hydroxylation sites is 1. The summed E-state index contributed by atoms with van der Waals surface area (Å²) in [7, 11) is 3.41. The highest BCUT2D eigenvalue weighted by molar-refractivity contribution is 8.18. The molecule has 1 aliphatic heterocycles. The van der Waals surface area contributed by atoms with Gasteiger partial charge in [0.25, 0.3) is 5.91 Å². The average molecular weight is 366 g/mol. The molecule has 0 radical (unpaired) electrons. The molecule has 0 atom stereocenters. The van der Waals surface area contributed by atoms with Crippen LogP contribution in [0.15, 0.2) is 52.4 Å². The molecule has 0 saturated carbocycles. The van der Waals surface area contributed by atoms with Crippen molar-refractivity contribution >= 4 is 34.6 Å². The summed E-state index contributed by atoms with van der Waals surface area (Å²) in [4.78, 5) is 19.6. The van der Waals surface area contributed by atoms with Crippen LogP contribution in [0.4, 0.5) is 5.69 Å². The summed E-state index contributed by atoms with van der Waals surface area (Å²) in [6.07, 6.45) is 2.79. The number of thioether (sulfide) groups is 1. The van der Waals surface area contributed by atoms with Crippen molar-refractivity contribution in [3.05, 3.63) is 64.1 Å². The summed E-state index contributed by atoms with van der Waals surface area (Å²) < 4.78 is 5.37. The van der Waals surface area contributed by atoms with Gasteiger partial charge in [0.1, 0.15) is 5.75 Å². The molecule has 134 valence electrons. The lowest BCUT2D eigenvalue weighted by atomic mass is 10.1. The number of aryl methyl sites for hydroxylation is 2. The van der Waals surface area contributed by atoms with Gasteiger partial charge in [0.15, 0.2) is 5.17 Å². The molecule has 0 N–H and O–H groups in total. The Bertz CT molecular complexity index is 903. The highest BCUT2D eigenvalue weighted by Crippen LogP contribution is 2.34. The fourth-order valence-electron chi connectivity index (χ4n) is 2.75. The quantitative estimate of drug-likeness (QED) is 0.730. The lowest BCUT2D eigenvalue weighted by Crippen LogP contribution is -2.23. The summed E-state index contributed by atoms with van der Waals surface area (Å²) in [5.74, 6) is 0.774. The first-order valence-corrected chi connectivity index (χ1v) is 9.34. The highest BCUT2D eigenvalue weighted by atomic mass is 32.2. The number of carbonyl (C=O) groups is 1. The van der Waals surface area contributed by atoms with E-state index in [9.17, 15) is 4.79 Å². The van der Waals surface area contributed by atoms with Gasteiger partial charge in [-0.2, -0.15) is 0 Å². The van der Waals surface area contributed by atoms with Crippen molar-refractivity contribution in [3.8, 4) is 5.75 Å². The SMILES string of the molecule is CCc1ccccc1N=C1S/C(=C/c2ccc(C)c(OC)c2)C(=O)N1C. The standard InChI is InChI=1S/C21H22N2O2S/c1-5-16-8-6-7-9-17(16)22-21-23(3)20(24)19(26-21)13-15-11-10-14(2)18(12-15)25-4/h6-13H,5H2,1-4H3/b19-13+,22-21?. The van der Waals surface area contributed by atoms with E-state index >= 15 is 0 Å². The third-order valence-corrected chi connectivity index (χ3v) is 5.38. The molecule has 0 aromatic heterocycles. The summed E-state index contributed by atoms with van der Waals surface area (Å²) in [5, 5.41) is 0.696. The summed E-state index contributed by atoms with van der Waals surface area (Å²) in [6, 6.07) is 13.9.